The summed E-state index contributed by atoms with van der Waals surface area (Å²) in [4.78, 5) is 22.3. The molecule has 0 amide bonds. The van der Waals surface area contributed by atoms with Crippen LogP contribution in [0.3, 0.4) is 0 Å². The highest BCUT2D eigenvalue weighted by molar-refractivity contribution is 6.13. The molecule has 0 unspecified atom stereocenters. The standard InChI is InChI=1S/C11H16O5/c1-8(2)5-6-16-7-9(10(12)14-3)11(13)15-4/h7H,1,5-6H2,2-4H3. The molecule has 0 spiro atoms. The highest BCUT2D eigenvalue weighted by Crippen LogP contribution is 2.03. The Balaban J connectivity index is 4.40. The number of rotatable bonds is 6. The summed E-state index contributed by atoms with van der Waals surface area (Å²) in [5.74, 6) is -1.58. The van der Waals surface area contributed by atoms with Crippen LogP contribution in [0.25, 0.3) is 0 Å². The lowest BCUT2D eigenvalue weighted by Gasteiger charge is -2.04. The van der Waals surface area contributed by atoms with Gasteiger partial charge in [-0.05, 0) is 6.92 Å². The Morgan fingerprint density at radius 3 is 2.06 bits per heavy atom. The first kappa shape index (κ1) is 14.2. The second-order valence-electron chi connectivity index (χ2n) is 3.09. The van der Waals surface area contributed by atoms with Gasteiger partial charge in [-0.3, -0.25) is 0 Å². The third-order valence-electron chi connectivity index (χ3n) is 1.66. The summed E-state index contributed by atoms with van der Waals surface area (Å²) in [6, 6.07) is 0. The van der Waals surface area contributed by atoms with Crippen LogP contribution in [0.5, 0.6) is 0 Å². The van der Waals surface area contributed by atoms with Crippen LogP contribution in [0.1, 0.15) is 13.3 Å². The van der Waals surface area contributed by atoms with E-state index in [0.29, 0.717) is 13.0 Å². The van der Waals surface area contributed by atoms with Crippen molar-refractivity contribution in [2.75, 3.05) is 20.8 Å². The van der Waals surface area contributed by atoms with E-state index >= 15 is 0 Å². The lowest BCUT2D eigenvalue weighted by atomic mass is 10.3. The van der Waals surface area contributed by atoms with Crippen molar-refractivity contribution in [1.82, 2.24) is 0 Å². The first-order chi connectivity index (χ1) is 7.52. The van der Waals surface area contributed by atoms with Crippen molar-refractivity contribution >= 4 is 11.9 Å². The van der Waals surface area contributed by atoms with Gasteiger partial charge in [0.2, 0.25) is 0 Å². The van der Waals surface area contributed by atoms with Gasteiger partial charge in [0.25, 0.3) is 0 Å². The number of carbonyl (C=O) groups is 2. The minimum Gasteiger partial charge on any atom is -0.500 e. The quantitative estimate of drug-likeness (QED) is 0.130. The van der Waals surface area contributed by atoms with Crippen molar-refractivity contribution < 1.29 is 23.8 Å². The molecule has 5 nitrogen and oxygen atoms in total. The summed E-state index contributed by atoms with van der Waals surface area (Å²) in [6.07, 6.45) is 1.69. The van der Waals surface area contributed by atoms with Gasteiger partial charge in [-0.15, -0.1) is 6.58 Å². The Morgan fingerprint density at radius 2 is 1.69 bits per heavy atom. The van der Waals surface area contributed by atoms with E-state index in [9.17, 15) is 9.59 Å². The fourth-order valence-electron chi connectivity index (χ4n) is 0.775. The fraction of sp³-hybridized carbons (Fsp3) is 0.455. The van der Waals surface area contributed by atoms with Gasteiger partial charge in [-0.1, -0.05) is 5.57 Å². The van der Waals surface area contributed by atoms with Crippen LogP contribution in [0.15, 0.2) is 24.0 Å². The Bertz CT molecular complexity index is 285. The van der Waals surface area contributed by atoms with Crippen LogP contribution in [0, 0.1) is 0 Å². The van der Waals surface area contributed by atoms with E-state index in [1.807, 2.05) is 6.92 Å². The van der Waals surface area contributed by atoms with E-state index in [1.54, 1.807) is 0 Å². The maximum absolute atomic E-state index is 11.2. The third kappa shape index (κ3) is 5.19. The van der Waals surface area contributed by atoms with E-state index in [1.165, 1.54) is 14.2 Å². The molecular formula is C11H16O5. The second-order valence-corrected chi connectivity index (χ2v) is 3.09. The van der Waals surface area contributed by atoms with E-state index < -0.39 is 11.9 Å². The van der Waals surface area contributed by atoms with Crippen LogP contribution in [0.2, 0.25) is 0 Å². The van der Waals surface area contributed by atoms with Gasteiger partial charge >= 0.3 is 11.9 Å². The maximum atomic E-state index is 11.2. The molecule has 0 saturated carbocycles. The zero-order valence-corrected chi connectivity index (χ0v) is 9.74. The topological polar surface area (TPSA) is 61.8 Å². The molecule has 0 fully saturated rings. The molecule has 0 aliphatic rings. The van der Waals surface area contributed by atoms with Gasteiger partial charge in [0.15, 0.2) is 5.57 Å². The molecule has 0 N–H and O–H groups in total. The molecule has 0 aromatic rings. The average Bonchev–Trinajstić information content (AvgIpc) is 2.27. The summed E-state index contributed by atoms with van der Waals surface area (Å²) in [7, 11) is 2.35. The molecule has 0 rings (SSSR count). The lowest BCUT2D eigenvalue weighted by molar-refractivity contribution is -0.144. The summed E-state index contributed by atoms with van der Waals surface area (Å²) in [6.45, 7) is 5.89. The maximum Gasteiger partial charge on any atom is 0.348 e. The second kappa shape index (κ2) is 7.50. The van der Waals surface area contributed by atoms with Gasteiger partial charge in [0.05, 0.1) is 20.8 Å². The molecule has 0 bridgehead atoms. The predicted molar refractivity (Wildman–Crippen MR) is 57.5 cm³/mol. The zero-order valence-electron chi connectivity index (χ0n) is 9.74. The molecule has 0 aliphatic carbocycles. The minimum atomic E-state index is -0.790. The van der Waals surface area contributed by atoms with Gasteiger partial charge in [0.1, 0.15) is 6.26 Å². The fourth-order valence-corrected chi connectivity index (χ4v) is 0.775. The van der Waals surface area contributed by atoms with Crippen LogP contribution in [-0.2, 0) is 23.8 Å². The van der Waals surface area contributed by atoms with Gasteiger partial charge < -0.3 is 14.2 Å². The summed E-state index contributed by atoms with van der Waals surface area (Å²) >= 11 is 0. The average molecular weight is 228 g/mol. The van der Waals surface area contributed by atoms with Crippen molar-refractivity contribution in [3.8, 4) is 0 Å². The van der Waals surface area contributed by atoms with Crippen molar-refractivity contribution in [1.29, 1.82) is 0 Å². The summed E-state index contributed by atoms with van der Waals surface area (Å²) in [5.41, 5.74) is 0.679. The normalized spacial score (nSPS) is 8.94. The smallest absolute Gasteiger partial charge is 0.348 e. The van der Waals surface area contributed by atoms with E-state index in [4.69, 9.17) is 4.74 Å². The van der Waals surface area contributed by atoms with Gasteiger partial charge in [-0.2, -0.15) is 0 Å². The van der Waals surface area contributed by atoms with Crippen molar-refractivity contribution in [2.24, 2.45) is 0 Å². The van der Waals surface area contributed by atoms with Crippen LogP contribution in [0.4, 0.5) is 0 Å². The van der Waals surface area contributed by atoms with E-state index in [-0.39, 0.29) is 5.57 Å². The Kier molecular flexibility index (Phi) is 6.67. The highest BCUT2D eigenvalue weighted by atomic mass is 16.5. The molecular weight excluding hydrogens is 212 g/mol. The highest BCUT2D eigenvalue weighted by Gasteiger charge is 2.20. The number of ether oxygens (including phenoxy) is 3. The third-order valence-corrected chi connectivity index (χ3v) is 1.66. The molecule has 0 aromatic carbocycles. The first-order valence-corrected chi connectivity index (χ1v) is 4.65. The largest absolute Gasteiger partial charge is 0.500 e. The lowest BCUT2D eigenvalue weighted by Crippen LogP contribution is -2.16. The number of esters is 2. The molecule has 0 aliphatic heterocycles. The summed E-state index contributed by atoms with van der Waals surface area (Å²) < 4.78 is 13.8. The van der Waals surface area contributed by atoms with Crippen LogP contribution >= 0.6 is 0 Å². The van der Waals surface area contributed by atoms with Crippen LogP contribution < -0.4 is 0 Å². The summed E-state index contributed by atoms with van der Waals surface area (Å²) in [5, 5.41) is 0. The molecule has 90 valence electrons. The molecule has 0 saturated heterocycles. The van der Waals surface area contributed by atoms with Crippen molar-refractivity contribution in [3.63, 3.8) is 0 Å². The number of hydrogen-bond donors (Lipinski definition) is 0. The Morgan fingerprint density at radius 1 is 1.19 bits per heavy atom. The van der Waals surface area contributed by atoms with Crippen molar-refractivity contribution in [2.45, 2.75) is 13.3 Å². The molecule has 0 aromatic heterocycles. The predicted octanol–water partition coefficient (Wildman–Crippen LogP) is 1.20. The number of hydrogen-bond acceptors (Lipinski definition) is 5. The monoisotopic (exact) mass is 228 g/mol. The molecule has 16 heavy (non-hydrogen) atoms. The Labute approximate surface area is 94.7 Å². The SMILES string of the molecule is C=C(C)CCOC=C(C(=O)OC)C(=O)OC. The van der Waals surface area contributed by atoms with Gasteiger partial charge in [-0.25, -0.2) is 9.59 Å². The van der Waals surface area contributed by atoms with Crippen molar-refractivity contribution in [3.05, 3.63) is 24.0 Å². The Hall–Kier alpha value is -1.78. The molecule has 0 atom stereocenters. The molecule has 5 heteroatoms. The molecule has 0 heterocycles. The van der Waals surface area contributed by atoms with Gasteiger partial charge in [0, 0.05) is 6.42 Å². The zero-order chi connectivity index (χ0) is 12.6. The number of carbonyl (C=O) groups excluding carboxylic acids is 2. The minimum absolute atomic E-state index is 0.272. The van der Waals surface area contributed by atoms with Crippen LogP contribution in [-0.4, -0.2) is 32.8 Å². The van der Waals surface area contributed by atoms with E-state index in [0.717, 1.165) is 11.8 Å². The first-order valence-electron chi connectivity index (χ1n) is 4.65. The number of methoxy groups -OCH3 is 2. The molecule has 0 radical (unpaired) electrons. The van der Waals surface area contributed by atoms with E-state index in [2.05, 4.69) is 16.1 Å².